The second kappa shape index (κ2) is 12.7. The van der Waals surface area contributed by atoms with E-state index in [0.717, 1.165) is 89.6 Å². The van der Waals surface area contributed by atoms with E-state index >= 15 is 0 Å². The Bertz CT molecular complexity index is 3140. The second-order valence-corrected chi connectivity index (χ2v) is 15.3. The summed E-state index contributed by atoms with van der Waals surface area (Å²) in [5.41, 5.74) is 12.5. The van der Waals surface area contributed by atoms with Gasteiger partial charge in [0.1, 0.15) is 34.3 Å². The van der Waals surface area contributed by atoms with Gasteiger partial charge < -0.3 is 19.1 Å². The first-order valence-corrected chi connectivity index (χ1v) is 19.7. The van der Waals surface area contributed by atoms with Crippen molar-refractivity contribution in [3.63, 3.8) is 0 Å². The van der Waals surface area contributed by atoms with Crippen molar-refractivity contribution in [1.29, 1.82) is 0 Å². The van der Waals surface area contributed by atoms with Gasteiger partial charge in [0.2, 0.25) is 0 Å². The van der Waals surface area contributed by atoms with Crippen LogP contribution in [0.3, 0.4) is 0 Å². The molecule has 7 aromatic carbocycles. The zero-order valence-electron chi connectivity index (χ0n) is 31.0. The molecule has 0 bridgehead atoms. The topological polar surface area (TPSA) is 66.3 Å². The summed E-state index contributed by atoms with van der Waals surface area (Å²) in [5.74, 6) is 1.96. The summed E-state index contributed by atoms with van der Waals surface area (Å²) in [6.45, 7) is 0. The van der Waals surface area contributed by atoms with Crippen molar-refractivity contribution < 1.29 is 8.83 Å². The first kappa shape index (κ1) is 32.1. The van der Waals surface area contributed by atoms with Crippen molar-refractivity contribution in [1.82, 2.24) is 5.32 Å². The molecule has 2 aliphatic heterocycles. The van der Waals surface area contributed by atoms with Crippen molar-refractivity contribution in [3.05, 3.63) is 192 Å². The molecule has 4 heterocycles. The zero-order chi connectivity index (χ0) is 37.5. The Balaban J connectivity index is 0.929. The van der Waals surface area contributed by atoms with Gasteiger partial charge in [-0.3, -0.25) is 0 Å². The Morgan fingerprint density at radius 1 is 0.596 bits per heavy atom. The van der Waals surface area contributed by atoms with E-state index in [1.165, 1.54) is 17.7 Å². The molecule has 0 radical (unpaired) electrons. The molecule has 3 atom stereocenters. The van der Waals surface area contributed by atoms with E-state index in [4.69, 9.17) is 18.8 Å². The molecule has 57 heavy (non-hydrogen) atoms. The van der Waals surface area contributed by atoms with Crippen LogP contribution >= 0.6 is 0 Å². The fourth-order valence-electron chi connectivity index (χ4n) is 9.33. The van der Waals surface area contributed by atoms with Gasteiger partial charge in [0.15, 0.2) is 5.84 Å². The number of benzene rings is 7. The smallest absolute Gasteiger partial charge is 0.159 e. The third-order valence-electron chi connectivity index (χ3n) is 12.0. The van der Waals surface area contributed by atoms with Crippen molar-refractivity contribution >= 4 is 66.9 Å². The highest BCUT2D eigenvalue weighted by Gasteiger charge is 2.38. The molecule has 6 heteroatoms. The van der Waals surface area contributed by atoms with Gasteiger partial charge in [-0.15, -0.1) is 0 Å². The van der Waals surface area contributed by atoms with Crippen LogP contribution < -0.4 is 10.2 Å². The van der Waals surface area contributed by atoms with Crippen LogP contribution in [-0.4, -0.2) is 17.7 Å². The van der Waals surface area contributed by atoms with Crippen molar-refractivity contribution in [2.75, 3.05) is 4.90 Å². The van der Waals surface area contributed by atoms with Crippen LogP contribution in [0.4, 0.5) is 11.4 Å². The Labute approximate surface area is 329 Å². The molecule has 3 aliphatic rings. The van der Waals surface area contributed by atoms with Crippen molar-refractivity contribution in [2.24, 2.45) is 9.98 Å². The molecule has 0 fully saturated rings. The number of fused-ring (bicyclic) bond motifs is 9. The van der Waals surface area contributed by atoms with E-state index in [2.05, 4.69) is 138 Å². The predicted molar refractivity (Wildman–Crippen MR) is 232 cm³/mol. The molecule has 9 aromatic rings. The molecule has 0 spiro atoms. The Morgan fingerprint density at radius 3 is 2.30 bits per heavy atom. The summed E-state index contributed by atoms with van der Waals surface area (Å²) >= 11 is 0. The number of nitrogens with one attached hydrogen (secondary N) is 1. The molecule has 1 aliphatic carbocycles. The average molecular weight is 737 g/mol. The van der Waals surface area contributed by atoms with Crippen molar-refractivity contribution in [2.45, 2.75) is 31.0 Å². The van der Waals surface area contributed by atoms with E-state index in [-0.39, 0.29) is 6.17 Å². The van der Waals surface area contributed by atoms with Crippen LogP contribution in [0.15, 0.2) is 189 Å². The molecule has 3 unspecified atom stereocenters. The minimum absolute atomic E-state index is 0.272. The van der Waals surface area contributed by atoms with Gasteiger partial charge in [0.05, 0.1) is 6.04 Å². The molecule has 2 aromatic heterocycles. The van der Waals surface area contributed by atoms with E-state index in [1.807, 2.05) is 42.5 Å². The molecular weight excluding hydrogens is 701 g/mol. The first-order chi connectivity index (χ1) is 28.2. The monoisotopic (exact) mass is 736 g/mol. The lowest BCUT2D eigenvalue weighted by molar-refractivity contribution is 0.572. The number of nitrogens with zero attached hydrogens (tertiary/aromatic N) is 3. The first-order valence-electron chi connectivity index (χ1n) is 19.7. The highest BCUT2D eigenvalue weighted by atomic mass is 16.3. The lowest BCUT2D eigenvalue weighted by Crippen LogP contribution is -2.33. The quantitative estimate of drug-likeness (QED) is 0.179. The minimum Gasteiger partial charge on any atom is -0.456 e. The standard InChI is InChI=1S/C51H36N4O2/c1-3-12-31(13-4-1)49-52-50(32-14-5-2-6-15-32)54-51(53-49)34-22-25-40-46(29-34)57-45-21-11-18-36(48(40)45)33-23-27-44-41(28-33)39-26-24-35(30-47(39)56-44)55-42-19-9-7-16-37(42)38-17-8-10-20-43(38)55/h1-7,9-16,18-30,38,43,49H,8,17H2,(H,52,53,54). The maximum Gasteiger partial charge on any atom is 0.159 e. The fraction of sp³-hybridized carbons (Fsp3) is 0.0980. The Morgan fingerprint density at radius 2 is 1.39 bits per heavy atom. The van der Waals surface area contributed by atoms with Gasteiger partial charge in [-0.25, -0.2) is 9.98 Å². The number of allylic oxidation sites excluding steroid dienone is 1. The van der Waals surface area contributed by atoms with Crippen LogP contribution in [0, 0.1) is 0 Å². The Kier molecular flexibility index (Phi) is 7.14. The number of hydrogen-bond acceptors (Lipinski definition) is 6. The summed E-state index contributed by atoms with van der Waals surface area (Å²) in [6.07, 6.45) is 6.77. The van der Waals surface area contributed by atoms with Gasteiger partial charge in [-0.2, -0.15) is 0 Å². The number of anilines is 2. The van der Waals surface area contributed by atoms with Crippen LogP contribution in [0.5, 0.6) is 0 Å². The molecule has 12 rings (SSSR count). The van der Waals surface area contributed by atoms with Gasteiger partial charge in [0.25, 0.3) is 0 Å². The molecule has 272 valence electrons. The summed E-state index contributed by atoms with van der Waals surface area (Å²) in [6, 6.07) is 55.6. The van der Waals surface area contributed by atoms with Gasteiger partial charge >= 0.3 is 0 Å². The van der Waals surface area contributed by atoms with Crippen molar-refractivity contribution in [3.8, 4) is 11.1 Å². The molecular formula is C51H36N4O2. The maximum absolute atomic E-state index is 6.59. The summed E-state index contributed by atoms with van der Waals surface area (Å²) < 4.78 is 13.2. The third kappa shape index (κ3) is 5.17. The molecule has 0 saturated carbocycles. The number of hydrogen-bond donors (Lipinski definition) is 1. The maximum atomic E-state index is 6.59. The van der Waals surface area contributed by atoms with E-state index in [1.54, 1.807) is 0 Å². The van der Waals surface area contributed by atoms with Gasteiger partial charge in [-0.1, -0.05) is 115 Å². The summed E-state index contributed by atoms with van der Waals surface area (Å²) in [5, 5.41) is 7.89. The van der Waals surface area contributed by atoms with E-state index in [0.29, 0.717) is 17.8 Å². The van der Waals surface area contributed by atoms with Crippen LogP contribution in [0.1, 0.15) is 47.2 Å². The molecule has 1 N–H and O–H groups in total. The number of rotatable bonds is 5. The van der Waals surface area contributed by atoms with Gasteiger partial charge in [0, 0.05) is 56.0 Å². The van der Waals surface area contributed by atoms with Crippen LogP contribution in [0.25, 0.3) is 55.0 Å². The number of para-hydroxylation sites is 1. The largest absolute Gasteiger partial charge is 0.456 e. The summed E-state index contributed by atoms with van der Waals surface area (Å²) in [7, 11) is 0. The lowest BCUT2D eigenvalue weighted by Gasteiger charge is -2.30. The molecule has 0 amide bonds. The highest BCUT2D eigenvalue weighted by molar-refractivity contribution is 6.17. The zero-order valence-corrected chi connectivity index (χ0v) is 31.0. The van der Waals surface area contributed by atoms with Crippen LogP contribution in [-0.2, 0) is 0 Å². The molecule has 0 saturated heterocycles. The highest BCUT2D eigenvalue weighted by Crippen LogP contribution is 2.50. The average Bonchev–Trinajstić information content (AvgIpc) is 3.95. The minimum atomic E-state index is -0.272. The third-order valence-corrected chi connectivity index (χ3v) is 12.0. The normalized spacial score (nSPS) is 18.8. The van der Waals surface area contributed by atoms with Gasteiger partial charge in [-0.05, 0) is 83.6 Å². The number of aliphatic imine (C=N–C) groups is 2. The predicted octanol–water partition coefficient (Wildman–Crippen LogP) is 12.6. The van der Waals surface area contributed by atoms with E-state index in [9.17, 15) is 0 Å². The SMILES string of the molecule is C1=CC2C(CC1)c1ccccc1N2c1ccc2c(c1)oc1ccc(-c3cccc4oc5cc(C6=NC(c7ccccc7)NC(c7ccccc7)=N6)ccc5c34)cc12. The lowest BCUT2D eigenvalue weighted by atomic mass is 9.86. The fourth-order valence-corrected chi connectivity index (χ4v) is 9.33. The summed E-state index contributed by atoms with van der Waals surface area (Å²) in [4.78, 5) is 12.6. The van der Waals surface area contributed by atoms with E-state index < -0.39 is 0 Å². The van der Waals surface area contributed by atoms with Crippen LogP contribution in [0.2, 0.25) is 0 Å². The number of furan rings is 2. The number of amidine groups is 2. The second-order valence-electron chi connectivity index (χ2n) is 15.3. The Hall–Kier alpha value is -7.18. The molecule has 6 nitrogen and oxygen atoms in total.